The van der Waals surface area contributed by atoms with Crippen LogP contribution in [-0.4, -0.2) is 33.2 Å². The van der Waals surface area contributed by atoms with Gasteiger partial charge in [0.2, 0.25) is 5.96 Å². The standard InChI is InChI=1S/C11H10BrN5O2/c12-17-4-2-6(7-9(18)16-11(13)15-7)5-1-3-14-8(5)10(17)19/h1,3,14H,2,4H2,(H3,13,15,16,18). The molecule has 0 saturated carbocycles. The third-order valence-corrected chi connectivity index (χ3v) is 3.72. The highest BCUT2D eigenvalue weighted by Crippen LogP contribution is 2.32. The summed E-state index contributed by atoms with van der Waals surface area (Å²) in [5.74, 6) is -0.433. The largest absolute Gasteiger partial charge is 0.369 e. The van der Waals surface area contributed by atoms with Crippen LogP contribution >= 0.6 is 16.1 Å². The number of nitrogens with zero attached hydrogens (tertiary/aromatic N) is 2. The molecule has 0 saturated heterocycles. The average Bonchev–Trinajstić information content (AvgIpc) is 2.93. The highest BCUT2D eigenvalue weighted by atomic mass is 79.9. The number of guanidine groups is 1. The van der Waals surface area contributed by atoms with Gasteiger partial charge in [0.05, 0.1) is 16.1 Å². The lowest BCUT2D eigenvalue weighted by molar-refractivity contribution is -0.115. The Hall–Kier alpha value is -2.09. The number of amides is 2. The number of rotatable bonds is 0. The van der Waals surface area contributed by atoms with Gasteiger partial charge >= 0.3 is 0 Å². The second-order valence-electron chi connectivity index (χ2n) is 4.19. The van der Waals surface area contributed by atoms with Crippen LogP contribution in [-0.2, 0) is 4.79 Å². The summed E-state index contributed by atoms with van der Waals surface area (Å²) in [6.45, 7) is 0.447. The van der Waals surface area contributed by atoms with Gasteiger partial charge in [-0.1, -0.05) is 0 Å². The second kappa shape index (κ2) is 4.23. The number of carbonyl (C=O) groups excluding carboxylic acids is 2. The first kappa shape index (κ1) is 12.0. The number of H-pyrrole nitrogens is 1. The lowest BCUT2D eigenvalue weighted by Crippen LogP contribution is -2.30. The molecule has 0 bridgehead atoms. The maximum atomic E-state index is 12.1. The summed E-state index contributed by atoms with van der Waals surface area (Å²) in [4.78, 5) is 30.8. The Morgan fingerprint density at radius 1 is 1.42 bits per heavy atom. The van der Waals surface area contributed by atoms with Crippen LogP contribution in [0.15, 0.2) is 23.0 Å². The maximum absolute atomic E-state index is 12.1. The number of aliphatic imine (C=N–C) groups is 1. The molecule has 2 amide bonds. The van der Waals surface area contributed by atoms with Crippen molar-refractivity contribution in [2.24, 2.45) is 10.7 Å². The van der Waals surface area contributed by atoms with Crippen molar-refractivity contribution in [1.82, 2.24) is 14.2 Å². The summed E-state index contributed by atoms with van der Waals surface area (Å²) < 4.78 is 1.43. The Morgan fingerprint density at radius 3 is 2.89 bits per heavy atom. The molecule has 8 heteroatoms. The van der Waals surface area contributed by atoms with Gasteiger partial charge in [0.15, 0.2) is 0 Å². The van der Waals surface area contributed by atoms with E-state index in [1.54, 1.807) is 12.3 Å². The molecule has 1 aromatic heterocycles. The van der Waals surface area contributed by atoms with E-state index in [9.17, 15) is 9.59 Å². The third kappa shape index (κ3) is 1.84. The monoisotopic (exact) mass is 323 g/mol. The van der Waals surface area contributed by atoms with E-state index < -0.39 is 0 Å². The topological polar surface area (TPSA) is 104 Å². The molecule has 0 atom stereocenters. The Bertz CT molecular complexity index is 645. The van der Waals surface area contributed by atoms with E-state index in [-0.39, 0.29) is 23.5 Å². The van der Waals surface area contributed by atoms with Crippen molar-refractivity contribution in [2.45, 2.75) is 6.42 Å². The van der Waals surface area contributed by atoms with Gasteiger partial charge in [-0.05, 0) is 18.1 Å². The van der Waals surface area contributed by atoms with E-state index in [4.69, 9.17) is 5.73 Å². The van der Waals surface area contributed by atoms with Crippen molar-refractivity contribution < 1.29 is 9.59 Å². The average molecular weight is 324 g/mol. The van der Waals surface area contributed by atoms with Crippen LogP contribution in [0, 0.1) is 0 Å². The number of nitrogens with one attached hydrogen (secondary N) is 2. The van der Waals surface area contributed by atoms with E-state index in [0.717, 1.165) is 0 Å². The Morgan fingerprint density at radius 2 is 2.21 bits per heavy atom. The number of aromatic nitrogens is 1. The first-order valence-corrected chi connectivity index (χ1v) is 6.33. The number of nitrogens with two attached hydrogens (primary N) is 1. The van der Waals surface area contributed by atoms with Crippen molar-refractivity contribution in [2.75, 3.05) is 6.54 Å². The van der Waals surface area contributed by atoms with Crippen LogP contribution in [0.4, 0.5) is 0 Å². The van der Waals surface area contributed by atoms with Crippen LogP contribution in [0.3, 0.4) is 0 Å². The van der Waals surface area contributed by atoms with Crippen LogP contribution in [0.1, 0.15) is 22.5 Å². The maximum Gasteiger partial charge on any atom is 0.280 e. The van der Waals surface area contributed by atoms with E-state index in [1.807, 2.05) is 0 Å². The summed E-state index contributed by atoms with van der Waals surface area (Å²) in [6, 6.07) is 1.76. The molecule has 19 heavy (non-hydrogen) atoms. The Kier molecular flexibility index (Phi) is 2.67. The zero-order valence-corrected chi connectivity index (χ0v) is 11.3. The number of hydrogen-bond donors (Lipinski definition) is 3. The second-order valence-corrected chi connectivity index (χ2v) is 5.04. The summed E-state index contributed by atoms with van der Waals surface area (Å²) >= 11 is 3.20. The first-order chi connectivity index (χ1) is 9.08. The molecule has 0 unspecified atom stereocenters. The molecule has 0 radical (unpaired) electrons. The van der Waals surface area contributed by atoms with Crippen LogP contribution in [0.25, 0.3) is 5.57 Å². The van der Waals surface area contributed by atoms with Gasteiger partial charge in [-0.3, -0.25) is 18.8 Å². The van der Waals surface area contributed by atoms with E-state index in [0.29, 0.717) is 29.8 Å². The molecule has 0 fully saturated rings. The molecule has 1 aromatic rings. The van der Waals surface area contributed by atoms with E-state index in [1.165, 1.54) is 3.93 Å². The summed E-state index contributed by atoms with van der Waals surface area (Å²) in [5.41, 5.74) is 7.61. The van der Waals surface area contributed by atoms with Crippen LogP contribution in [0.5, 0.6) is 0 Å². The molecule has 3 rings (SSSR count). The van der Waals surface area contributed by atoms with Gasteiger partial charge in [0.25, 0.3) is 11.8 Å². The van der Waals surface area contributed by atoms with Gasteiger partial charge in [0.1, 0.15) is 11.4 Å². The van der Waals surface area contributed by atoms with Crippen molar-refractivity contribution in [3.8, 4) is 0 Å². The number of fused-ring (bicyclic) bond motifs is 1. The molecule has 0 aromatic carbocycles. The molecule has 0 spiro atoms. The van der Waals surface area contributed by atoms with Crippen molar-refractivity contribution in [3.05, 3.63) is 29.2 Å². The number of hydrogen-bond acceptors (Lipinski definition) is 4. The molecule has 7 nitrogen and oxygen atoms in total. The summed E-state index contributed by atoms with van der Waals surface area (Å²) in [5, 5.41) is 2.44. The minimum absolute atomic E-state index is 0.0795. The molecule has 2 aliphatic rings. The predicted molar refractivity (Wildman–Crippen MR) is 72.1 cm³/mol. The van der Waals surface area contributed by atoms with Crippen molar-refractivity contribution in [1.29, 1.82) is 0 Å². The molecular formula is C11H10BrN5O2. The summed E-state index contributed by atoms with van der Waals surface area (Å²) in [7, 11) is 0. The number of carbonyl (C=O) groups is 2. The fourth-order valence-electron chi connectivity index (χ4n) is 2.19. The summed E-state index contributed by atoms with van der Waals surface area (Å²) in [6.07, 6.45) is 2.18. The molecule has 0 aliphatic carbocycles. The zero-order valence-electron chi connectivity index (χ0n) is 9.74. The highest BCUT2D eigenvalue weighted by molar-refractivity contribution is 9.07. The van der Waals surface area contributed by atoms with Crippen molar-refractivity contribution in [3.63, 3.8) is 0 Å². The molecule has 2 aliphatic heterocycles. The number of halogens is 1. The highest BCUT2D eigenvalue weighted by Gasteiger charge is 2.30. The molecule has 98 valence electrons. The first-order valence-electron chi connectivity index (χ1n) is 5.62. The quantitative estimate of drug-likeness (QED) is 0.473. The molecule has 4 N–H and O–H groups in total. The van der Waals surface area contributed by atoms with Gasteiger partial charge in [-0.15, -0.1) is 0 Å². The Labute approximate surface area is 116 Å². The number of aromatic amines is 1. The lowest BCUT2D eigenvalue weighted by atomic mass is 10.0. The SMILES string of the molecule is NC1=NC(=C2CCN(Br)C(=O)c3[nH]ccc32)C(=O)N1. The lowest BCUT2D eigenvalue weighted by Gasteiger charge is -2.09. The smallest absolute Gasteiger partial charge is 0.280 e. The fraction of sp³-hybridized carbons (Fsp3) is 0.182. The molecule has 3 heterocycles. The van der Waals surface area contributed by atoms with Gasteiger partial charge in [0, 0.05) is 18.3 Å². The minimum Gasteiger partial charge on any atom is -0.369 e. The van der Waals surface area contributed by atoms with Gasteiger partial charge in [-0.2, -0.15) is 0 Å². The minimum atomic E-state index is -0.338. The van der Waals surface area contributed by atoms with Crippen LogP contribution < -0.4 is 11.1 Å². The fourth-order valence-corrected chi connectivity index (χ4v) is 2.55. The van der Waals surface area contributed by atoms with Gasteiger partial charge in [-0.25, -0.2) is 4.99 Å². The Balaban J connectivity index is 2.19. The van der Waals surface area contributed by atoms with Gasteiger partial charge < -0.3 is 10.7 Å². The van der Waals surface area contributed by atoms with E-state index >= 15 is 0 Å². The van der Waals surface area contributed by atoms with Crippen LogP contribution in [0.2, 0.25) is 0 Å². The normalized spacial score (nSPS) is 23.0. The van der Waals surface area contributed by atoms with Crippen molar-refractivity contribution >= 4 is 39.5 Å². The van der Waals surface area contributed by atoms with E-state index in [2.05, 4.69) is 31.4 Å². The predicted octanol–water partition coefficient (Wildman–Crippen LogP) is 0.326. The molecular weight excluding hydrogens is 314 g/mol. The zero-order chi connectivity index (χ0) is 13.6. The third-order valence-electron chi connectivity index (χ3n) is 3.04.